The SMILES string of the molecule is Cc1ccc2cc(-c3ccc(C)c(C(C)C)c3)ccc2c1. The lowest BCUT2D eigenvalue weighted by atomic mass is 9.92. The van der Waals surface area contributed by atoms with Crippen molar-refractivity contribution in [1.29, 1.82) is 0 Å². The highest BCUT2D eigenvalue weighted by atomic mass is 14.1. The Bertz CT molecular complexity index is 794. The Morgan fingerprint density at radius 1 is 0.667 bits per heavy atom. The second kappa shape index (κ2) is 5.37. The summed E-state index contributed by atoms with van der Waals surface area (Å²) in [5.74, 6) is 0.563. The molecule has 0 saturated heterocycles. The molecule has 106 valence electrons. The van der Waals surface area contributed by atoms with E-state index in [2.05, 4.69) is 82.3 Å². The normalized spacial score (nSPS) is 11.3. The van der Waals surface area contributed by atoms with Crippen molar-refractivity contribution in [2.45, 2.75) is 33.6 Å². The topological polar surface area (TPSA) is 0 Å². The summed E-state index contributed by atoms with van der Waals surface area (Å²) in [5, 5.41) is 2.62. The molecule has 0 atom stereocenters. The number of hydrogen-bond donors (Lipinski definition) is 0. The molecule has 0 N–H and O–H groups in total. The lowest BCUT2D eigenvalue weighted by Crippen LogP contribution is -1.92. The molecule has 0 heteroatoms. The molecule has 0 heterocycles. The van der Waals surface area contributed by atoms with Crippen molar-refractivity contribution < 1.29 is 0 Å². The number of benzene rings is 3. The zero-order chi connectivity index (χ0) is 15.0. The molecular formula is C21H22. The van der Waals surface area contributed by atoms with Crippen LogP contribution in [0.15, 0.2) is 54.6 Å². The summed E-state index contributed by atoms with van der Waals surface area (Å²) in [7, 11) is 0. The maximum Gasteiger partial charge on any atom is -0.0178 e. The molecular weight excluding hydrogens is 252 g/mol. The molecule has 0 spiro atoms. The third-order valence-electron chi connectivity index (χ3n) is 4.23. The molecule has 3 aromatic carbocycles. The summed E-state index contributed by atoms with van der Waals surface area (Å²) in [4.78, 5) is 0. The van der Waals surface area contributed by atoms with Crippen LogP contribution in [0.25, 0.3) is 21.9 Å². The van der Waals surface area contributed by atoms with Gasteiger partial charge >= 0.3 is 0 Å². The monoisotopic (exact) mass is 274 g/mol. The number of aryl methyl sites for hydroxylation is 2. The second-order valence-electron chi connectivity index (χ2n) is 6.29. The van der Waals surface area contributed by atoms with Gasteiger partial charge in [0.2, 0.25) is 0 Å². The van der Waals surface area contributed by atoms with E-state index in [-0.39, 0.29) is 0 Å². The van der Waals surface area contributed by atoms with Crippen molar-refractivity contribution in [3.63, 3.8) is 0 Å². The van der Waals surface area contributed by atoms with Crippen molar-refractivity contribution in [3.8, 4) is 11.1 Å². The van der Waals surface area contributed by atoms with Gasteiger partial charge in [0.25, 0.3) is 0 Å². The van der Waals surface area contributed by atoms with Gasteiger partial charge in [0.1, 0.15) is 0 Å². The van der Waals surface area contributed by atoms with Gasteiger partial charge in [-0.25, -0.2) is 0 Å². The van der Waals surface area contributed by atoms with Crippen molar-refractivity contribution in [3.05, 3.63) is 71.3 Å². The molecule has 21 heavy (non-hydrogen) atoms. The van der Waals surface area contributed by atoms with Gasteiger partial charge in [0, 0.05) is 0 Å². The Hall–Kier alpha value is -2.08. The molecule has 0 amide bonds. The standard InChI is InChI=1S/C21H22/c1-14(2)21-13-20(8-6-16(21)4)19-10-9-17-11-15(3)5-7-18(17)12-19/h5-14H,1-4H3. The first-order chi connectivity index (χ1) is 10.0. The van der Waals surface area contributed by atoms with E-state index in [0.717, 1.165) is 0 Å². The van der Waals surface area contributed by atoms with E-state index in [9.17, 15) is 0 Å². The summed E-state index contributed by atoms with van der Waals surface area (Å²) in [6.07, 6.45) is 0. The van der Waals surface area contributed by atoms with Crippen molar-refractivity contribution in [2.24, 2.45) is 0 Å². The molecule has 0 fully saturated rings. The maximum atomic E-state index is 2.34. The van der Waals surface area contributed by atoms with Gasteiger partial charge in [-0.05, 0) is 58.9 Å². The Kier molecular flexibility index (Phi) is 3.55. The van der Waals surface area contributed by atoms with E-state index in [1.807, 2.05) is 0 Å². The lowest BCUT2D eigenvalue weighted by molar-refractivity contribution is 0.857. The Morgan fingerprint density at radius 2 is 1.29 bits per heavy atom. The van der Waals surface area contributed by atoms with Crippen LogP contribution in [0.1, 0.15) is 36.5 Å². The Balaban J connectivity index is 2.12. The molecule has 0 aliphatic heterocycles. The highest BCUT2D eigenvalue weighted by Crippen LogP contribution is 2.29. The first-order valence-electron chi connectivity index (χ1n) is 7.66. The zero-order valence-electron chi connectivity index (χ0n) is 13.3. The van der Waals surface area contributed by atoms with Gasteiger partial charge in [0.05, 0.1) is 0 Å². The fraction of sp³-hybridized carbons (Fsp3) is 0.238. The van der Waals surface area contributed by atoms with Crippen LogP contribution in [0.4, 0.5) is 0 Å². The van der Waals surface area contributed by atoms with E-state index >= 15 is 0 Å². The van der Waals surface area contributed by atoms with Gasteiger partial charge in [-0.2, -0.15) is 0 Å². The van der Waals surface area contributed by atoms with Gasteiger partial charge in [-0.3, -0.25) is 0 Å². The average molecular weight is 274 g/mol. The number of fused-ring (bicyclic) bond motifs is 1. The molecule has 0 aromatic heterocycles. The summed E-state index contributed by atoms with van der Waals surface area (Å²) >= 11 is 0. The molecule has 0 aliphatic carbocycles. The summed E-state index contributed by atoms with van der Waals surface area (Å²) < 4.78 is 0. The van der Waals surface area contributed by atoms with E-state index in [1.54, 1.807) is 0 Å². The first kappa shape index (κ1) is 13.9. The fourth-order valence-electron chi connectivity index (χ4n) is 2.99. The van der Waals surface area contributed by atoms with E-state index in [4.69, 9.17) is 0 Å². The highest BCUT2D eigenvalue weighted by molar-refractivity contribution is 5.88. The molecule has 3 aromatic rings. The van der Waals surface area contributed by atoms with Gasteiger partial charge in [0.15, 0.2) is 0 Å². The quantitative estimate of drug-likeness (QED) is 0.518. The van der Waals surface area contributed by atoms with Crippen LogP contribution in [-0.2, 0) is 0 Å². The molecule has 0 aliphatic rings. The van der Waals surface area contributed by atoms with E-state index in [0.29, 0.717) is 5.92 Å². The smallest absolute Gasteiger partial charge is 0.0178 e. The molecule has 3 rings (SSSR count). The number of rotatable bonds is 2. The van der Waals surface area contributed by atoms with Crippen LogP contribution in [0.5, 0.6) is 0 Å². The van der Waals surface area contributed by atoms with Crippen molar-refractivity contribution in [1.82, 2.24) is 0 Å². The molecule has 0 radical (unpaired) electrons. The van der Waals surface area contributed by atoms with Crippen LogP contribution in [0.2, 0.25) is 0 Å². The zero-order valence-corrected chi connectivity index (χ0v) is 13.3. The van der Waals surface area contributed by atoms with E-state index < -0.39 is 0 Å². The molecule has 0 nitrogen and oxygen atoms in total. The Morgan fingerprint density at radius 3 is 2.05 bits per heavy atom. The van der Waals surface area contributed by atoms with Crippen molar-refractivity contribution >= 4 is 10.8 Å². The predicted octanol–water partition coefficient (Wildman–Crippen LogP) is 6.25. The minimum absolute atomic E-state index is 0.563. The third kappa shape index (κ3) is 2.71. The van der Waals surface area contributed by atoms with Crippen molar-refractivity contribution in [2.75, 3.05) is 0 Å². The predicted molar refractivity (Wildman–Crippen MR) is 92.9 cm³/mol. The fourth-order valence-corrected chi connectivity index (χ4v) is 2.99. The minimum atomic E-state index is 0.563. The third-order valence-corrected chi connectivity index (χ3v) is 4.23. The maximum absolute atomic E-state index is 2.34. The largest absolute Gasteiger partial charge is 0.0587 e. The van der Waals surface area contributed by atoms with Crippen LogP contribution >= 0.6 is 0 Å². The van der Waals surface area contributed by atoms with E-state index in [1.165, 1.54) is 38.6 Å². The average Bonchev–Trinajstić information content (AvgIpc) is 2.47. The number of hydrogen-bond acceptors (Lipinski definition) is 0. The van der Waals surface area contributed by atoms with Crippen LogP contribution < -0.4 is 0 Å². The Labute approximate surface area is 127 Å². The summed E-state index contributed by atoms with van der Waals surface area (Å²) in [6.45, 7) is 8.86. The first-order valence-corrected chi connectivity index (χ1v) is 7.66. The van der Waals surface area contributed by atoms with Crippen LogP contribution in [0, 0.1) is 13.8 Å². The second-order valence-corrected chi connectivity index (χ2v) is 6.29. The summed E-state index contributed by atoms with van der Waals surface area (Å²) in [5.41, 5.74) is 6.74. The molecule has 0 saturated carbocycles. The van der Waals surface area contributed by atoms with Gasteiger partial charge < -0.3 is 0 Å². The lowest BCUT2D eigenvalue weighted by Gasteiger charge is -2.12. The molecule has 0 unspecified atom stereocenters. The summed E-state index contributed by atoms with van der Waals surface area (Å²) in [6, 6.07) is 20.2. The van der Waals surface area contributed by atoms with Crippen LogP contribution in [-0.4, -0.2) is 0 Å². The van der Waals surface area contributed by atoms with Gasteiger partial charge in [-0.15, -0.1) is 0 Å². The molecule has 0 bridgehead atoms. The highest BCUT2D eigenvalue weighted by Gasteiger charge is 2.06. The van der Waals surface area contributed by atoms with Crippen LogP contribution in [0.3, 0.4) is 0 Å². The minimum Gasteiger partial charge on any atom is -0.0587 e. The van der Waals surface area contributed by atoms with Gasteiger partial charge in [-0.1, -0.05) is 67.9 Å².